The molecule has 0 unspecified atom stereocenters. The molecular formula is C30H32BrClN2O2. The summed E-state index contributed by atoms with van der Waals surface area (Å²) >= 11 is 10.0. The molecule has 0 N–H and O–H groups in total. The number of ether oxygens (including phenoxy) is 1. The van der Waals surface area contributed by atoms with Crippen molar-refractivity contribution >= 4 is 39.1 Å². The van der Waals surface area contributed by atoms with Crippen LogP contribution < -0.4 is 9.64 Å². The third-order valence-electron chi connectivity index (χ3n) is 8.56. The smallest absolute Gasteiger partial charge is 0.258 e. The lowest BCUT2D eigenvalue weighted by Crippen LogP contribution is -2.50. The van der Waals surface area contributed by atoms with Gasteiger partial charge in [0.1, 0.15) is 5.75 Å². The maximum atomic E-state index is 13.9. The topological polar surface area (TPSA) is 42.4 Å². The maximum absolute atomic E-state index is 13.9. The number of aromatic nitrogens is 1. The molecular weight excluding hydrogens is 536 g/mol. The van der Waals surface area contributed by atoms with Crippen LogP contribution in [0.5, 0.6) is 5.75 Å². The Morgan fingerprint density at radius 3 is 2.36 bits per heavy atom. The van der Waals surface area contributed by atoms with Gasteiger partial charge in [0, 0.05) is 39.7 Å². The van der Waals surface area contributed by atoms with Crippen molar-refractivity contribution < 1.29 is 9.53 Å². The normalized spacial score (nSPS) is 22.9. The Labute approximate surface area is 227 Å². The first-order valence-corrected chi connectivity index (χ1v) is 13.8. The number of anilines is 1. The average molecular weight is 568 g/mol. The number of methoxy groups -OCH3 is 1. The highest BCUT2D eigenvalue weighted by Gasteiger charge is 2.50. The number of amides is 1. The van der Waals surface area contributed by atoms with Crippen molar-refractivity contribution in [1.82, 2.24) is 4.98 Å². The number of aryl methyl sites for hydroxylation is 2. The number of halogens is 2. The van der Waals surface area contributed by atoms with Crippen molar-refractivity contribution in [1.29, 1.82) is 0 Å². The van der Waals surface area contributed by atoms with E-state index < -0.39 is 0 Å². The lowest BCUT2D eigenvalue weighted by atomic mass is 9.51. The van der Waals surface area contributed by atoms with Gasteiger partial charge in [0.15, 0.2) is 0 Å². The van der Waals surface area contributed by atoms with Crippen molar-refractivity contribution in [3.8, 4) is 5.75 Å². The summed E-state index contributed by atoms with van der Waals surface area (Å²) in [5, 5.41) is 0.613. The number of hydrogen-bond acceptors (Lipinski definition) is 3. The van der Waals surface area contributed by atoms with E-state index in [1.54, 1.807) is 19.5 Å². The van der Waals surface area contributed by atoms with Crippen molar-refractivity contribution in [3.05, 3.63) is 86.6 Å². The Morgan fingerprint density at radius 1 is 1.03 bits per heavy atom. The number of fused-ring (bicyclic) bond motifs is 3. The zero-order valence-electron chi connectivity index (χ0n) is 21.1. The molecule has 2 bridgehead atoms. The van der Waals surface area contributed by atoms with E-state index >= 15 is 0 Å². The summed E-state index contributed by atoms with van der Waals surface area (Å²) in [6.45, 7) is 4.76. The van der Waals surface area contributed by atoms with Crippen LogP contribution in [0.3, 0.4) is 0 Å². The second-order valence-electron chi connectivity index (χ2n) is 10.7. The summed E-state index contributed by atoms with van der Waals surface area (Å²) < 4.78 is 6.36. The highest BCUT2D eigenvalue weighted by atomic mass is 79.9. The van der Waals surface area contributed by atoms with Crippen LogP contribution in [0, 0.1) is 19.3 Å². The lowest BCUT2D eigenvalue weighted by Gasteiger charge is -2.55. The summed E-state index contributed by atoms with van der Waals surface area (Å²) in [5.74, 6) is 0.955. The van der Waals surface area contributed by atoms with Crippen LogP contribution in [0.25, 0.3) is 0 Å². The van der Waals surface area contributed by atoms with Gasteiger partial charge in [0.2, 0.25) is 0 Å². The Morgan fingerprint density at radius 2 is 1.75 bits per heavy atom. The summed E-state index contributed by atoms with van der Waals surface area (Å²) in [6.07, 6.45) is 10.2. The largest absolute Gasteiger partial charge is 0.496 e. The van der Waals surface area contributed by atoms with Gasteiger partial charge in [0.25, 0.3) is 5.91 Å². The number of nitrogens with zero attached hydrogens (tertiary/aromatic N) is 2. The van der Waals surface area contributed by atoms with Crippen molar-refractivity contribution in [2.75, 3.05) is 18.6 Å². The van der Waals surface area contributed by atoms with E-state index in [1.807, 2.05) is 36.1 Å². The number of carbonyl (C=O) groups is 1. The Kier molecular flexibility index (Phi) is 6.90. The van der Waals surface area contributed by atoms with Gasteiger partial charge >= 0.3 is 0 Å². The molecule has 0 radical (unpaired) electrons. The summed E-state index contributed by atoms with van der Waals surface area (Å²) in [5.41, 5.74) is 5.37. The fourth-order valence-corrected chi connectivity index (χ4v) is 7.15. The van der Waals surface area contributed by atoms with Gasteiger partial charge < -0.3 is 9.64 Å². The molecule has 1 heterocycles. The number of pyridine rings is 1. The summed E-state index contributed by atoms with van der Waals surface area (Å²) in [7, 11) is 1.73. The molecule has 0 spiro atoms. The number of hydrogen-bond donors (Lipinski definition) is 0. The monoisotopic (exact) mass is 566 g/mol. The molecule has 0 aliphatic heterocycles. The van der Waals surface area contributed by atoms with E-state index in [9.17, 15) is 4.79 Å². The Balaban J connectivity index is 1.44. The van der Waals surface area contributed by atoms with Gasteiger partial charge in [-0.25, -0.2) is 0 Å². The maximum Gasteiger partial charge on any atom is 0.258 e. The van der Waals surface area contributed by atoms with E-state index in [-0.39, 0.29) is 16.7 Å². The van der Waals surface area contributed by atoms with Crippen LogP contribution in [-0.4, -0.2) is 24.5 Å². The third kappa shape index (κ3) is 4.68. The first-order valence-electron chi connectivity index (χ1n) is 12.6. The molecule has 6 heteroatoms. The van der Waals surface area contributed by atoms with E-state index in [0.29, 0.717) is 17.1 Å². The Hall–Kier alpha value is -2.37. The van der Waals surface area contributed by atoms with E-state index in [4.69, 9.17) is 16.3 Å². The molecule has 188 valence electrons. The molecule has 3 saturated carbocycles. The minimum Gasteiger partial charge on any atom is -0.496 e. The van der Waals surface area contributed by atoms with Crippen LogP contribution in [-0.2, 0) is 5.41 Å². The molecule has 3 aromatic rings. The number of rotatable bonds is 6. The molecule has 6 rings (SSSR count). The molecule has 3 aliphatic rings. The fraction of sp³-hybridized carbons (Fsp3) is 0.400. The highest BCUT2D eigenvalue weighted by molar-refractivity contribution is 9.10. The van der Waals surface area contributed by atoms with Crippen molar-refractivity contribution in [2.45, 2.75) is 57.8 Å². The highest BCUT2D eigenvalue weighted by Crippen LogP contribution is 2.58. The first-order chi connectivity index (χ1) is 17.2. The van der Waals surface area contributed by atoms with Crippen LogP contribution in [0.2, 0.25) is 5.02 Å². The number of carbonyl (C=O) groups excluding carboxylic acids is 1. The van der Waals surface area contributed by atoms with E-state index in [0.717, 1.165) is 60.0 Å². The first kappa shape index (κ1) is 25.3. The minimum atomic E-state index is 0.00614. The van der Waals surface area contributed by atoms with Crippen molar-refractivity contribution in [2.24, 2.45) is 5.41 Å². The zero-order chi connectivity index (χ0) is 25.5. The second kappa shape index (κ2) is 9.83. The average Bonchev–Trinajstić information content (AvgIpc) is 2.88. The molecule has 3 fully saturated rings. The molecule has 1 aromatic heterocycles. The molecule has 0 atom stereocenters. The van der Waals surface area contributed by atoms with Gasteiger partial charge in [-0.1, -0.05) is 39.7 Å². The standard InChI is InChI=1S/C30H32BrClN2O2/c1-20-14-22(4-5-27(20)36-3)30-10-7-29(8-11-30,9-12-30)19-34(25-16-23(31)15-24(32)17-25)28(35)26-6-13-33-18-21(26)2/h4-6,13-18H,7-12,19H2,1-3H3. The predicted molar refractivity (Wildman–Crippen MR) is 149 cm³/mol. The molecule has 2 aromatic carbocycles. The molecule has 0 saturated heterocycles. The molecule has 4 nitrogen and oxygen atoms in total. The number of benzene rings is 2. The van der Waals surface area contributed by atoms with Gasteiger partial charge in [-0.05, 0) is 110 Å². The molecule has 3 aliphatic carbocycles. The van der Waals surface area contributed by atoms with Crippen LogP contribution in [0.1, 0.15) is 65.6 Å². The quantitative estimate of drug-likeness (QED) is 0.302. The zero-order valence-corrected chi connectivity index (χ0v) is 23.5. The van der Waals surface area contributed by atoms with Crippen LogP contribution >= 0.6 is 27.5 Å². The van der Waals surface area contributed by atoms with Crippen LogP contribution in [0.15, 0.2) is 59.3 Å². The lowest BCUT2D eigenvalue weighted by molar-refractivity contribution is 0.0441. The predicted octanol–water partition coefficient (Wildman–Crippen LogP) is 8.06. The minimum absolute atomic E-state index is 0.00614. The SMILES string of the molecule is COc1ccc(C23CCC(CN(C(=O)c4ccncc4C)c4cc(Cl)cc(Br)c4)(CC2)CC3)cc1C. The van der Waals surface area contributed by atoms with Gasteiger partial charge in [-0.2, -0.15) is 0 Å². The van der Waals surface area contributed by atoms with E-state index in [1.165, 1.54) is 11.1 Å². The van der Waals surface area contributed by atoms with E-state index in [2.05, 4.69) is 46.0 Å². The van der Waals surface area contributed by atoms with Gasteiger partial charge in [0.05, 0.1) is 7.11 Å². The summed E-state index contributed by atoms with van der Waals surface area (Å²) in [4.78, 5) is 20.1. The Bertz CT molecular complexity index is 1260. The second-order valence-corrected chi connectivity index (χ2v) is 12.0. The van der Waals surface area contributed by atoms with Crippen LogP contribution in [0.4, 0.5) is 5.69 Å². The van der Waals surface area contributed by atoms with Crippen molar-refractivity contribution in [3.63, 3.8) is 0 Å². The molecule has 36 heavy (non-hydrogen) atoms. The summed E-state index contributed by atoms with van der Waals surface area (Å²) in [6, 6.07) is 14.3. The molecule has 1 amide bonds. The van der Waals surface area contributed by atoms with Gasteiger partial charge in [-0.15, -0.1) is 0 Å². The fourth-order valence-electron chi connectivity index (χ4n) is 6.31. The van der Waals surface area contributed by atoms with Gasteiger partial charge in [-0.3, -0.25) is 9.78 Å². The third-order valence-corrected chi connectivity index (χ3v) is 9.23.